The highest BCUT2D eigenvalue weighted by Crippen LogP contribution is 2.14. The first kappa shape index (κ1) is 18.8. The van der Waals surface area contributed by atoms with Gasteiger partial charge in [0.25, 0.3) is 0 Å². The monoisotopic (exact) mass is 384 g/mol. The van der Waals surface area contributed by atoms with Crippen LogP contribution in [0.5, 0.6) is 0 Å². The summed E-state index contributed by atoms with van der Waals surface area (Å²) in [6.07, 6.45) is 0. The third-order valence-electron chi connectivity index (χ3n) is 3.79. The molecular formula is C19H20N4O3S. The molecule has 140 valence electrons. The van der Waals surface area contributed by atoms with E-state index in [1.165, 1.54) is 11.3 Å². The molecule has 0 aliphatic carbocycles. The predicted molar refractivity (Wildman–Crippen MR) is 105 cm³/mol. The topological polar surface area (TPSA) is 92.2 Å². The molecule has 0 radical (unpaired) electrons. The summed E-state index contributed by atoms with van der Waals surface area (Å²) in [6, 6.07) is 11.2. The highest BCUT2D eigenvalue weighted by molar-refractivity contribution is 7.11. The van der Waals surface area contributed by atoms with Crippen molar-refractivity contribution in [2.75, 3.05) is 19.7 Å². The van der Waals surface area contributed by atoms with Crippen molar-refractivity contribution in [1.82, 2.24) is 10.6 Å². The van der Waals surface area contributed by atoms with E-state index in [9.17, 15) is 9.59 Å². The van der Waals surface area contributed by atoms with Crippen molar-refractivity contribution in [3.05, 3.63) is 56.7 Å². The fraction of sp³-hybridized carbons (Fsp3) is 0.263. The second-order valence-electron chi connectivity index (χ2n) is 5.63. The Hall–Kier alpha value is -3.00. The second kappa shape index (κ2) is 8.59. The number of hydrogen-bond donors (Lipinski definition) is 2. The summed E-state index contributed by atoms with van der Waals surface area (Å²) in [5, 5.41) is 6.12. The van der Waals surface area contributed by atoms with Crippen molar-refractivity contribution in [3.63, 3.8) is 0 Å². The lowest BCUT2D eigenvalue weighted by atomic mass is 10.0. The van der Waals surface area contributed by atoms with Crippen LogP contribution < -0.4 is 20.5 Å². The number of benzene rings is 1. The number of amides is 2. The lowest BCUT2D eigenvalue weighted by molar-refractivity contribution is 0.0532. The second-order valence-corrected chi connectivity index (χ2v) is 6.66. The van der Waals surface area contributed by atoms with Crippen LogP contribution in [0.15, 0.2) is 46.4 Å². The van der Waals surface area contributed by atoms with Gasteiger partial charge in [0.15, 0.2) is 0 Å². The van der Waals surface area contributed by atoms with Crippen molar-refractivity contribution in [1.29, 1.82) is 0 Å². The number of carbonyl (C=O) groups is 2. The van der Waals surface area contributed by atoms with E-state index in [1.54, 1.807) is 13.0 Å². The van der Waals surface area contributed by atoms with Crippen LogP contribution in [-0.4, -0.2) is 37.7 Å². The molecular weight excluding hydrogens is 364 g/mol. The average Bonchev–Trinajstić information content (AvgIpc) is 2.99. The number of rotatable bonds is 4. The van der Waals surface area contributed by atoms with Crippen LogP contribution >= 0.6 is 11.3 Å². The van der Waals surface area contributed by atoms with E-state index in [0.717, 1.165) is 16.4 Å². The Balaban J connectivity index is 2.10. The molecule has 7 nitrogen and oxygen atoms in total. The molecule has 0 saturated heterocycles. The predicted octanol–water partition coefficient (Wildman–Crippen LogP) is 1.43. The quantitative estimate of drug-likeness (QED) is 0.781. The molecule has 0 atom stereocenters. The third kappa shape index (κ3) is 4.40. The first-order chi connectivity index (χ1) is 13.1. The number of carbonyl (C=O) groups excluding carboxylic acids is 2. The van der Waals surface area contributed by atoms with Gasteiger partial charge in [-0.1, -0.05) is 30.3 Å². The number of thiophene rings is 1. The summed E-state index contributed by atoms with van der Waals surface area (Å²) >= 11 is 1.22. The van der Waals surface area contributed by atoms with Crippen LogP contribution in [-0.2, 0) is 4.74 Å². The van der Waals surface area contributed by atoms with E-state index in [2.05, 4.69) is 20.6 Å². The summed E-state index contributed by atoms with van der Waals surface area (Å²) < 4.78 is 5.73. The lowest BCUT2D eigenvalue weighted by Gasteiger charge is -2.05. The lowest BCUT2D eigenvalue weighted by Crippen LogP contribution is -2.39. The van der Waals surface area contributed by atoms with E-state index in [1.807, 2.05) is 37.3 Å². The third-order valence-corrected chi connectivity index (χ3v) is 4.80. The van der Waals surface area contributed by atoms with Gasteiger partial charge in [-0.05, 0) is 31.1 Å². The van der Waals surface area contributed by atoms with Gasteiger partial charge in [0.1, 0.15) is 9.55 Å². The number of guanidine groups is 1. The number of esters is 1. The van der Waals surface area contributed by atoms with E-state index < -0.39 is 0 Å². The minimum absolute atomic E-state index is 0.213. The van der Waals surface area contributed by atoms with Gasteiger partial charge in [-0.25, -0.2) is 19.6 Å². The van der Waals surface area contributed by atoms with Crippen molar-refractivity contribution < 1.29 is 14.3 Å². The molecule has 1 aliphatic heterocycles. The van der Waals surface area contributed by atoms with Gasteiger partial charge >= 0.3 is 12.0 Å². The molecule has 0 unspecified atom stereocenters. The summed E-state index contributed by atoms with van der Waals surface area (Å²) in [5.74, 6) is -0.168. The molecule has 0 saturated carbocycles. The molecule has 1 aliphatic rings. The molecule has 1 aromatic carbocycles. The Labute approximate surface area is 160 Å². The first-order valence-corrected chi connectivity index (χ1v) is 9.47. The zero-order chi connectivity index (χ0) is 19.2. The van der Waals surface area contributed by atoms with Crippen molar-refractivity contribution >= 4 is 34.9 Å². The summed E-state index contributed by atoms with van der Waals surface area (Å²) in [4.78, 5) is 33.4. The largest absolute Gasteiger partial charge is 0.462 e. The van der Waals surface area contributed by atoms with Crippen LogP contribution in [0.1, 0.15) is 29.1 Å². The average molecular weight is 384 g/mol. The molecule has 2 heterocycles. The van der Waals surface area contributed by atoms with Crippen LogP contribution in [0.2, 0.25) is 0 Å². The Kier molecular flexibility index (Phi) is 5.97. The van der Waals surface area contributed by atoms with E-state index in [4.69, 9.17) is 4.74 Å². The zero-order valence-electron chi connectivity index (χ0n) is 15.1. The van der Waals surface area contributed by atoms with Gasteiger partial charge in [0.05, 0.1) is 13.2 Å². The van der Waals surface area contributed by atoms with Gasteiger partial charge < -0.3 is 10.1 Å². The Bertz CT molecular complexity index is 996. The van der Waals surface area contributed by atoms with E-state index >= 15 is 0 Å². The fourth-order valence-corrected chi connectivity index (χ4v) is 3.57. The molecule has 0 spiro atoms. The number of fused-ring (bicyclic) bond motifs is 1. The standard InChI is InChI=1S/C19H20N4O3S/c1-3-20-19(25)23-18-21-11-14(12-8-6-5-7-9-12)13-10-15(17(24)26-4-2)27-16(13)22-18/h5-10H,3-4,11H2,1-2H3,(H2,20,21,23,25). The number of ether oxygens (including phenoxy) is 1. The fourth-order valence-electron chi connectivity index (χ4n) is 2.61. The van der Waals surface area contributed by atoms with Crippen LogP contribution in [0.3, 0.4) is 0 Å². The number of aliphatic imine (C=N–C) groups is 1. The van der Waals surface area contributed by atoms with Gasteiger partial charge in [-0.3, -0.25) is 5.32 Å². The van der Waals surface area contributed by atoms with Crippen LogP contribution in [0.4, 0.5) is 4.79 Å². The van der Waals surface area contributed by atoms with Gasteiger partial charge in [0.2, 0.25) is 5.96 Å². The van der Waals surface area contributed by atoms with E-state index in [-0.39, 0.29) is 18.0 Å². The van der Waals surface area contributed by atoms with Crippen molar-refractivity contribution in [2.45, 2.75) is 13.8 Å². The van der Waals surface area contributed by atoms with Gasteiger partial charge in [-0.2, -0.15) is 0 Å². The zero-order valence-corrected chi connectivity index (χ0v) is 15.9. The molecule has 8 heteroatoms. The summed E-state index contributed by atoms with van der Waals surface area (Å²) in [5.41, 5.74) is 1.93. The number of hydrogen-bond acceptors (Lipinski definition) is 6. The maximum atomic E-state index is 12.2. The number of nitrogens with zero attached hydrogens (tertiary/aromatic N) is 2. The molecule has 3 rings (SSSR count). The van der Waals surface area contributed by atoms with Crippen molar-refractivity contribution in [3.8, 4) is 0 Å². The Morgan fingerprint density at radius 2 is 2.00 bits per heavy atom. The molecule has 2 amide bonds. The smallest absolute Gasteiger partial charge is 0.348 e. The number of urea groups is 1. The van der Waals surface area contributed by atoms with Crippen molar-refractivity contribution in [2.24, 2.45) is 9.98 Å². The first-order valence-electron chi connectivity index (χ1n) is 8.66. The Morgan fingerprint density at radius 3 is 2.70 bits per heavy atom. The summed E-state index contributed by atoms with van der Waals surface area (Å²) in [6.45, 7) is 4.73. The minimum Gasteiger partial charge on any atom is -0.462 e. The van der Waals surface area contributed by atoms with Gasteiger partial charge in [-0.15, -0.1) is 11.3 Å². The normalized spacial score (nSPS) is 13.0. The molecule has 27 heavy (non-hydrogen) atoms. The molecule has 0 bridgehead atoms. The molecule has 1 aromatic heterocycles. The number of nitrogens with one attached hydrogen (secondary N) is 2. The van der Waals surface area contributed by atoms with Crippen LogP contribution in [0.25, 0.3) is 5.57 Å². The summed E-state index contributed by atoms with van der Waals surface area (Å²) in [7, 11) is 0. The maximum absolute atomic E-state index is 12.2. The maximum Gasteiger partial charge on any atom is 0.348 e. The van der Waals surface area contributed by atoms with Gasteiger partial charge in [0, 0.05) is 11.8 Å². The molecule has 2 N–H and O–H groups in total. The van der Waals surface area contributed by atoms with E-state index in [0.29, 0.717) is 29.2 Å². The molecule has 0 fully saturated rings. The highest BCUT2D eigenvalue weighted by Gasteiger charge is 2.16. The molecule has 2 aromatic rings. The SMILES string of the molecule is CCNC(=O)NC1=NCC(c2ccccc2)=c2cc(C(=O)OCC)sc2=N1. The highest BCUT2D eigenvalue weighted by atomic mass is 32.1. The van der Waals surface area contributed by atoms with Crippen LogP contribution in [0, 0.1) is 0 Å². The Morgan fingerprint density at radius 1 is 1.22 bits per heavy atom. The minimum atomic E-state index is -0.381.